The molecule has 0 bridgehead atoms. The number of nitro groups is 1. The fourth-order valence-electron chi connectivity index (χ4n) is 3.18. The molecule has 0 spiro atoms. The van der Waals surface area contributed by atoms with Crippen LogP contribution in [0.4, 0.5) is 22.9 Å². The maximum atomic E-state index is 11.8. The molecule has 0 fully saturated rings. The van der Waals surface area contributed by atoms with Gasteiger partial charge in [-0.15, -0.1) is 0 Å². The summed E-state index contributed by atoms with van der Waals surface area (Å²) in [4.78, 5) is 15.9. The van der Waals surface area contributed by atoms with Crippen LogP contribution < -0.4 is 10.6 Å². The van der Waals surface area contributed by atoms with Crippen molar-refractivity contribution in [2.45, 2.75) is 57.4 Å². The number of nitrogens with one attached hydrogen (secondary N) is 2. The number of pyridine rings is 1. The van der Waals surface area contributed by atoms with Crippen molar-refractivity contribution in [2.24, 2.45) is 0 Å². The van der Waals surface area contributed by atoms with E-state index in [0.717, 1.165) is 31.9 Å². The molecule has 8 nitrogen and oxygen atoms in total. The lowest BCUT2D eigenvalue weighted by Gasteiger charge is -2.20. The van der Waals surface area contributed by atoms with Crippen LogP contribution in [-0.2, 0) is 9.84 Å². The van der Waals surface area contributed by atoms with Crippen LogP contribution in [0.1, 0.15) is 45.2 Å². The van der Waals surface area contributed by atoms with Crippen molar-refractivity contribution in [1.82, 2.24) is 4.98 Å². The summed E-state index contributed by atoms with van der Waals surface area (Å²) in [6.45, 7) is 5.95. The second kappa shape index (κ2) is 9.69. The molecule has 29 heavy (non-hydrogen) atoms. The van der Waals surface area contributed by atoms with Gasteiger partial charge in [0.1, 0.15) is 5.69 Å². The third kappa shape index (κ3) is 6.15. The number of hydrogen-bond acceptors (Lipinski definition) is 7. The van der Waals surface area contributed by atoms with Crippen LogP contribution in [0.3, 0.4) is 0 Å². The summed E-state index contributed by atoms with van der Waals surface area (Å²) in [5, 5.41) is 18.1. The molecule has 0 saturated carbocycles. The fraction of sp³-hybridized carbons (Fsp3) is 0.450. The van der Waals surface area contributed by atoms with Crippen molar-refractivity contribution < 1.29 is 13.3 Å². The minimum atomic E-state index is -3.31. The second-order valence-electron chi connectivity index (χ2n) is 7.11. The number of nitrogens with zero attached hydrogens (tertiary/aromatic N) is 2. The van der Waals surface area contributed by atoms with Gasteiger partial charge in [-0.1, -0.05) is 26.7 Å². The van der Waals surface area contributed by atoms with E-state index in [1.807, 2.05) is 0 Å². The highest BCUT2D eigenvalue weighted by Gasteiger charge is 2.24. The van der Waals surface area contributed by atoms with Crippen LogP contribution in [-0.4, -0.2) is 30.6 Å². The van der Waals surface area contributed by atoms with E-state index in [1.54, 1.807) is 25.1 Å². The van der Waals surface area contributed by atoms with E-state index >= 15 is 0 Å². The average molecular weight is 421 g/mol. The van der Waals surface area contributed by atoms with E-state index in [1.165, 1.54) is 12.1 Å². The molecular formula is C20H28N4O4S. The molecule has 1 aromatic carbocycles. The topological polar surface area (TPSA) is 114 Å². The third-order valence-electron chi connectivity index (χ3n) is 4.48. The fourth-order valence-corrected chi connectivity index (χ4v) is 3.81. The van der Waals surface area contributed by atoms with E-state index in [9.17, 15) is 18.5 Å². The number of rotatable bonds is 10. The SMILES string of the molecule is CCCC(CCC)Nc1cc(C)nc(Nc2ccc(S(C)(=O)=O)cc2)c1[N+](=O)[O-]. The lowest BCUT2D eigenvalue weighted by Crippen LogP contribution is -2.20. The molecule has 1 heterocycles. The van der Waals surface area contributed by atoms with E-state index in [-0.39, 0.29) is 22.4 Å². The van der Waals surface area contributed by atoms with Gasteiger partial charge in [0.2, 0.25) is 5.82 Å². The van der Waals surface area contributed by atoms with Crippen LogP contribution in [0.15, 0.2) is 35.2 Å². The first-order valence-corrected chi connectivity index (χ1v) is 11.5. The Labute approximate surface area is 171 Å². The first-order chi connectivity index (χ1) is 13.7. The summed E-state index contributed by atoms with van der Waals surface area (Å²) < 4.78 is 23.2. The van der Waals surface area contributed by atoms with Crippen molar-refractivity contribution in [3.8, 4) is 0 Å². The Kier molecular flexibility index (Phi) is 7.55. The van der Waals surface area contributed by atoms with Gasteiger partial charge in [-0.3, -0.25) is 10.1 Å². The smallest absolute Gasteiger partial charge is 0.334 e. The van der Waals surface area contributed by atoms with Gasteiger partial charge in [0.15, 0.2) is 9.84 Å². The maximum Gasteiger partial charge on any atom is 0.334 e. The molecule has 0 atom stereocenters. The Balaban J connectivity index is 2.41. The lowest BCUT2D eigenvalue weighted by atomic mass is 10.1. The molecule has 0 radical (unpaired) electrons. The first kappa shape index (κ1) is 22.6. The molecule has 0 amide bonds. The van der Waals surface area contributed by atoms with Crippen molar-refractivity contribution in [1.29, 1.82) is 0 Å². The number of hydrogen-bond donors (Lipinski definition) is 2. The van der Waals surface area contributed by atoms with Gasteiger partial charge in [0.05, 0.1) is 9.82 Å². The molecule has 0 aliphatic rings. The van der Waals surface area contributed by atoms with E-state index in [0.29, 0.717) is 17.1 Å². The van der Waals surface area contributed by atoms with Gasteiger partial charge >= 0.3 is 5.69 Å². The van der Waals surface area contributed by atoms with Gasteiger partial charge in [0, 0.05) is 23.7 Å². The van der Waals surface area contributed by atoms with Crippen molar-refractivity contribution in [3.05, 3.63) is 46.1 Å². The highest BCUT2D eigenvalue weighted by molar-refractivity contribution is 7.90. The highest BCUT2D eigenvalue weighted by atomic mass is 32.2. The van der Waals surface area contributed by atoms with E-state index in [4.69, 9.17) is 0 Å². The van der Waals surface area contributed by atoms with Crippen LogP contribution in [0.5, 0.6) is 0 Å². The molecule has 2 aromatic rings. The van der Waals surface area contributed by atoms with Gasteiger partial charge in [0.25, 0.3) is 0 Å². The number of sulfone groups is 1. The maximum absolute atomic E-state index is 11.8. The molecule has 0 saturated heterocycles. The van der Waals surface area contributed by atoms with E-state index < -0.39 is 14.8 Å². The van der Waals surface area contributed by atoms with Gasteiger partial charge in [-0.25, -0.2) is 13.4 Å². The van der Waals surface area contributed by atoms with Crippen LogP contribution in [0.2, 0.25) is 0 Å². The van der Waals surface area contributed by atoms with Crippen molar-refractivity contribution in [3.63, 3.8) is 0 Å². The zero-order valence-corrected chi connectivity index (χ0v) is 18.0. The Morgan fingerprint density at radius 2 is 1.72 bits per heavy atom. The molecular weight excluding hydrogens is 392 g/mol. The summed E-state index contributed by atoms with van der Waals surface area (Å²) in [6.07, 6.45) is 4.92. The largest absolute Gasteiger partial charge is 0.377 e. The summed E-state index contributed by atoms with van der Waals surface area (Å²) >= 11 is 0. The summed E-state index contributed by atoms with van der Waals surface area (Å²) in [7, 11) is -3.31. The number of benzene rings is 1. The van der Waals surface area contributed by atoms with Gasteiger partial charge < -0.3 is 10.6 Å². The lowest BCUT2D eigenvalue weighted by molar-refractivity contribution is -0.383. The number of aryl methyl sites for hydroxylation is 1. The molecule has 0 aliphatic carbocycles. The average Bonchev–Trinajstić information content (AvgIpc) is 2.61. The minimum absolute atomic E-state index is 0.122. The second-order valence-corrected chi connectivity index (χ2v) is 9.12. The summed E-state index contributed by atoms with van der Waals surface area (Å²) in [5.41, 5.74) is 1.47. The molecule has 0 unspecified atom stereocenters. The number of anilines is 3. The van der Waals surface area contributed by atoms with Gasteiger partial charge in [-0.05, 0) is 50.1 Å². The molecule has 0 aliphatic heterocycles. The molecule has 158 valence electrons. The molecule has 1 aromatic heterocycles. The summed E-state index contributed by atoms with van der Waals surface area (Å²) in [6, 6.07) is 7.87. The molecule has 2 rings (SSSR count). The Hall–Kier alpha value is -2.68. The summed E-state index contributed by atoms with van der Waals surface area (Å²) in [5.74, 6) is 0.122. The molecule has 9 heteroatoms. The van der Waals surface area contributed by atoms with E-state index in [2.05, 4.69) is 29.5 Å². The van der Waals surface area contributed by atoms with Crippen LogP contribution in [0.25, 0.3) is 0 Å². The predicted octanol–water partition coefficient (Wildman–Crippen LogP) is 4.83. The molecule has 2 N–H and O–H groups in total. The zero-order valence-electron chi connectivity index (χ0n) is 17.2. The number of aromatic nitrogens is 1. The van der Waals surface area contributed by atoms with Crippen molar-refractivity contribution >= 4 is 32.7 Å². The quantitative estimate of drug-likeness (QED) is 0.418. The zero-order chi connectivity index (χ0) is 21.6. The third-order valence-corrected chi connectivity index (χ3v) is 5.61. The van der Waals surface area contributed by atoms with Gasteiger partial charge in [-0.2, -0.15) is 0 Å². The van der Waals surface area contributed by atoms with Crippen LogP contribution >= 0.6 is 0 Å². The Morgan fingerprint density at radius 1 is 1.14 bits per heavy atom. The first-order valence-electron chi connectivity index (χ1n) is 9.65. The van der Waals surface area contributed by atoms with Crippen LogP contribution in [0, 0.1) is 17.0 Å². The standard InChI is InChI=1S/C20H28N4O4S/c1-5-7-15(8-6-2)22-18-13-14(3)21-20(19(18)24(25)26)23-16-9-11-17(12-10-16)29(4,27)28/h9-13,15H,5-8H2,1-4H3,(H2,21,22,23). The normalized spacial score (nSPS) is 11.5. The Morgan fingerprint density at radius 3 is 2.21 bits per heavy atom. The minimum Gasteiger partial charge on any atom is -0.377 e. The monoisotopic (exact) mass is 420 g/mol. The highest BCUT2D eigenvalue weighted by Crippen LogP contribution is 2.35. The predicted molar refractivity (Wildman–Crippen MR) is 116 cm³/mol. The Bertz CT molecular complexity index is 953. The van der Waals surface area contributed by atoms with Crippen molar-refractivity contribution in [2.75, 3.05) is 16.9 Å².